The molecular formula is C8H9ClN4. The van der Waals surface area contributed by atoms with E-state index in [1.54, 1.807) is 6.07 Å². The van der Waals surface area contributed by atoms with Crippen LogP contribution in [0.25, 0.3) is 5.65 Å². The SMILES string of the molecule is NCCc1nnc2c(Cl)cccn12. The number of halogens is 1. The van der Waals surface area contributed by atoms with Gasteiger partial charge in [0.15, 0.2) is 5.65 Å². The second kappa shape index (κ2) is 3.32. The third-order valence-corrected chi connectivity index (χ3v) is 2.12. The molecular weight excluding hydrogens is 188 g/mol. The Hall–Kier alpha value is -1.13. The molecule has 0 saturated heterocycles. The lowest BCUT2D eigenvalue weighted by Crippen LogP contribution is -2.06. The maximum atomic E-state index is 5.92. The molecule has 0 radical (unpaired) electrons. The van der Waals surface area contributed by atoms with Gasteiger partial charge in [0.05, 0.1) is 5.02 Å². The quantitative estimate of drug-likeness (QED) is 0.776. The van der Waals surface area contributed by atoms with E-state index in [4.69, 9.17) is 17.3 Å². The Morgan fingerprint density at radius 3 is 3.08 bits per heavy atom. The lowest BCUT2D eigenvalue weighted by Gasteiger charge is -1.97. The van der Waals surface area contributed by atoms with Gasteiger partial charge in [0, 0.05) is 12.6 Å². The topological polar surface area (TPSA) is 56.2 Å². The summed E-state index contributed by atoms with van der Waals surface area (Å²) in [4.78, 5) is 0. The Morgan fingerprint density at radius 2 is 2.31 bits per heavy atom. The number of fused-ring (bicyclic) bond motifs is 1. The summed E-state index contributed by atoms with van der Waals surface area (Å²) in [5.74, 6) is 0.847. The first-order chi connectivity index (χ1) is 6.33. The van der Waals surface area contributed by atoms with Crippen LogP contribution in [0.3, 0.4) is 0 Å². The van der Waals surface area contributed by atoms with E-state index < -0.39 is 0 Å². The summed E-state index contributed by atoms with van der Waals surface area (Å²) in [5, 5.41) is 8.57. The molecule has 0 aromatic carbocycles. The Bertz CT molecular complexity index is 423. The van der Waals surface area contributed by atoms with Crippen molar-refractivity contribution in [3.8, 4) is 0 Å². The minimum Gasteiger partial charge on any atom is -0.330 e. The Morgan fingerprint density at radius 1 is 1.46 bits per heavy atom. The molecule has 0 spiro atoms. The van der Waals surface area contributed by atoms with Crippen molar-refractivity contribution in [3.05, 3.63) is 29.2 Å². The minimum atomic E-state index is 0.563. The maximum Gasteiger partial charge on any atom is 0.179 e. The van der Waals surface area contributed by atoms with E-state index in [1.165, 1.54) is 0 Å². The van der Waals surface area contributed by atoms with Crippen LogP contribution in [0.2, 0.25) is 5.02 Å². The van der Waals surface area contributed by atoms with E-state index in [9.17, 15) is 0 Å². The number of nitrogens with two attached hydrogens (primary N) is 1. The summed E-state index contributed by atoms with van der Waals surface area (Å²) in [6.45, 7) is 0.563. The highest BCUT2D eigenvalue weighted by atomic mass is 35.5. The van der Waals surface area contributed by atoms with Crippen molar-refractivity contribution in [1.82, 2.24) is 14.6 Å². The minimum absolute atomic E-state index is 0.563. The normalized spacial score (nSPS) is 10.9. The van der Waals surface area contributed by atoms with Crippen molar-refractivity contribution >= 4 is 17.2 Å². The van der Waals surface area contributed by atoms with E-state index in [2.05, 4.69) is 10.2 Å². The van der Waals surface area contributed by atoms with Crippen LogP contribution in [0, 0.1) is 0 Å². The first kappa shape index (κ1) is 8.47. The molecule has 13 heavy (non-hydrogen) atoms. The second-order valence-corrected chi connectivity index (χ2v) is 3.11. The van der Waals surface area contributed by atoms with Crippen molar-refractivity contribution in [2.75, 3.05) is 6.54 Å². The number of hydrogen-bond donors (Lipinski definition) is 1. The van der Waals surface area contributed by atoms with Gasteiger partial charge in [-0.3, -0.25) is 4.40 Å². The van der Waals surface area contributed by atoms with Crippen LogP contribution in [0.15, 0.2) is 18.3 Å². The summed E-state index contributed by atoms with van der Waals surface area (Å²) in [5.41, 5.74) is 6.12. The summed E-state index contributed by atoms with van der Waals surface area (Å²) >= 11 is 5.92. The molecule has 2 aromatic heterocycles. The Kier molecular flexibility index (Phi) is 2.16. The number of nitrogens with zero attached hydrogens (tertiary/aromatic N) is 3. The van der Waals surface area contributed by atoms with Crippen molar-refractivity contribution < 1.29 is 0 Å². The van der Waals surface area contributed by atoms with E-state index >= 15 is 0 Å². The van der Waals surface area contributed by atoms with Crippen molar-refractivity contribution in [2.45, 2.75) is 6.42 Å². The molecule has 2 aromatic rings. The van der Waals surface area contributed by atoms with Gasteiger partial charge in [0.25, 0.3) is 0 Å². The Balaban J connectivity index is 2.61. The zero-order chi connectivity index (χ0) is 9.26. The second-order valence-electron chi connectivity index (χ2n) is 2.70. The third kappa shape index (κ3) is 1.38. The van der Waals surface area contributed by atoms with Gasteiger partial charge in [-0.2, -0.15) is 0 Å². The number of rotatable bonds is 2. The maximum absolute atomic E-state index is 5.92. The van der Waals surface area contributed by atoms with Crippen molar-refractivity contribution in [3.63, 3.8) is 0 Å². The van der Waals surface area contributed by atoms with Gasteiger partial charge in [-0.25, -0.2) is 0 Å². The fourth-order valence-electron chi connectivity index (χ4n) is 1.23. The first-order valence-electron chi connectivity index (χ1n) is 4.01. The molecule has 0 amide bonds. The highest BCUT2D eigenvalue weighted by Crippen LogP contribution is 2.15. The average Bonchev–Trinajstić information content (AvgIpc) is 2.51. The molecule has 2 rings (SSSR count). The molecule has 0 aliphatic carbocycles. The van der Waals surface area contributed by atoms with Crippen LogP contribution in [0.4, 0.5) is 0 Å². The van der Waals surface area contributed by atoms with Gasteiger partial charge in [-0.15, -0.1) is 10.2 Å². The van der Waals surface area contributed by atoms with E-state index in [0.717, 1.165) is 5.82 Å². The molecule has 0 atom stereocenters. The van der Waals surface area contributed by atoms with Crippen LogP contribution in [-0.4, -0.2) is 21.1 Å². The highest BCUT2D eigenvalue weighted by molar-refractivity contribution is 6.33. The predicted octanol–water partition coefficient (Wildman–Crippen LogP) is 0.884. The first-order valence-corrected chi connectivity index (χ1v) is 4.39. The molecule has 0 fully saturated rings. The zero-order valence-corrected chi connectivity index (χ0v) is 7.70. The van der Waals surface area contributed by atoms with Crippen LogP contribution >= 0.6 is 11.6 Å². The molecule has 0 saturated carbocycles. The largest absolute Gasteiger partial charge is 0.330 e. The van der Waals surface area contributed by atoms with E-state index in [-0.39, 0.29) is 0 Å². The fourth-order valence-corrected chi connectivity index (χ4v) is 1.43. The molecule has 0 bridgehead atoms. The van der Waals surface area contributed by atoms with E-state index in [1.807, 2.05) is 16.7 Å². The van der Waals surface area contributed by atoms with Gasteiger partial charge >= 0.3 is 0 Å². The summed E-state index contributed by atoms with van der Waals surface area (Å²) in [7, 11) is 0. The van der Waals surface area contributed by atoms with Crippen LogP contribution in [0.1, 0.15) is 5.82 Å². The summed E-state index contributed by atoms with van der Waals surface area (Å²) < 4.78 is 1.86. The fraction of sp³-hybridized carbons (Fsp3) is 0.250. The van der Waals surface area contributed by atoms with E-state index in [0.29, 0.717) is 23.6 Å². The average molecular weight is 197 g/mol. The van der Waals surface area contributed by atoms with Gasteiger partial charge in [-0.1, -0.05) is 11.6 Å². The summed E-state index contributed by atoms with van der Waals surface area (Å²) in [6.07, 6.45) is 2.59. The molecule has 4 nitrogen and oxygen atoms in total. The monoisotopic (exact) mass is 196 g/mol. The summed E-state index contributed by atoms with van der Waals surface area (Å²) in [6, 6.07) is 3.65. The molecule has 0 aliphatic heterocycles. The van der Waals surface area contributed by atoms with Crippen molar-refractivity contribution in [1.29, 1.82) is 0 Å². The van der Waals surface area contributed by atoms with Gasteiger partial charge in [0.2, 0.25) is 0 Å². The predicted molar refractivity (Wildman–Crippen MR) is 50.8 cm³/mol. The molecule has 2 heterocycles. The van der Waals surface area contributed by atoms with Gasteiger partial charge in [0.1, 0.15) is 5.82 Å². The highest BCUT2D eigenvalue weighted by Gasteiger charge is 2.05. The lowest BCUT2D eigenvalue weighted by molar-refractivity contribution is 0.848. The van der Waals surface area contributed by atoms with Crippen LogP contribution in [-0.2, 0) is 6.42 Å². The van der Waals surface area contributed by atoms with Crippen molar-refractivity contribution in [2.24, 2.45) is 5.73 Å². The third-order valence-electron chi connectivity index (χ3n) is 1.83. The zero-order valence-electron chi connectivity index (χ0n) is 6.94. The number of aromatic nitrogens is 3. The molecule has 0 unspecified atom stereocenters. The molecule has 68 valence electrons. The Labute approximate surface area is 80.3 Å². The van der Waals surface area contributed by atoms with Gasteiger partial charge < -0.3 is 5.73 Å². The molecule has 2 N–H and O–H groups in total. The standard InChI is InChI=1S/C8H9ClN4/c9-6-2-1-5-13-7(3-4-10)11-12-8(6)13/h1-2,5H,3-4,10H2. The smallest absolute Gasteiger partial charge is 0.179 e. The van der Waals surface area contributed by atoms with Gasteiger partial charge in [-0.05, 0) is 18.7 Å². The van der Waals surface area contributed by atoms with Crippen LogP contribution < -0.4 is 5.73 Å². The molecule has 5 heteroatoms. The lowest BCUT2D eigenvalue weighted by atomic mass is 10.4. The number of pyridine rings is 1. The molecule has 0 aliphatic rings. The number of hydrogen-bond acceptors (Lipinski definition) is 3. The van der Waals surface area contributed by atoms with Crippen LogP contribution in [0.5, 0.6) is 0 Å².